The summed E-state index contributed by atoms with van der Waals surface area (Å²) in [7, 11) is -0.633. The van der Waals surface area contributed by atoms with Crippen molar-refractivity contribution in [3.05, 3.63) is 88.9 Å². The van der Waals surface area contributed by atoms with E-state index in [0.717, 1.165) is 23.8 Å². The molecular formula is C33H42ClN3O6S. The molecule has 0 aliphatic carbocycles. The Hall–Kier alpha value is -3.76. The molecule has 2 amide bonds. The highest BCUT2D eigenvalue weighted by molar-refractivity contribution is 7.92. The Morgan fingerprint density at radius 1 is 0.955 bits per heavy atom. The molecule has 3 aromatic rings. The molecular weight excluding hydrogens is 602 g/mol. The van der Waals surface area contributed by atoms with Gasteiger partial charge in [0.05, 0.1) is 31.2 Å². The average molecular weight is 644 g/mol. The summed E-state index contributed by atoms with van der Waals surface area (Å²) in [5.41, 5.74) is 2.09. The van der Waals surface area contributed by atoms with Crippen molar-refractivity contribution >= 4 is 39.1 Å². The highest BCUT2D eigenvalue weighted by Crippen LogP contribution is 2.30. The number of methoxy groups -OCH3 is 2. The second-order valence-corrected chi connectivity index (χ2v) is 13.0. The molecule has 0 bridgehead atoms. The van der Waals surface area contributed by atoms with E-state index in [2.05, 4.69) is 5.32 Å². The summed E-state index contributed by atoms with van der Waals surface area (Å²) >= 11 is 6.27. The van der Waals surface area contributed by atoms with Gasteiger partial charge in [0.15, 0.2) is 0 Å². The van der Waals surface area contributed by atoms with Gasteiger partial charge >= 0.3 is 0 Å². The number of hydrogen-bond acceptors (Lipinski definition) is 6. The van der Waals surface area contributed by atoms with Crippen molar-refractivity contribution in [1.82, 2.24) is 10.2 Å². The normalized spacial score (nSPS) is 12.6. The first-order valence-electron chi connectivity index (χ1n) is 14.5. The van der Waals surface area contributed by atoms with Crippen molar-refractivity contribution in [3.8, 4) is 11.5 Å². The van der Waals surface area contributed by atoms with E-state index in [-0.39, 0.29) is 48.8 Å². The van der Waals surface area contributed by atoms with E-state index in [0.29, 0.717) is 23.6 Å². The maximum Gasteiger partial charge on any atom is 0.243 e. The Morgan fingerprint density at radius 3 is 2.27 bits per heavy atom. The van der Waals surface area contributed by atoms with Gasteiger partial charge in [-0.3, -0.25) is 13.9 Å². The molecule has 0 aromatic heterocycles. The highest BCUT2D eigenvalue weighted by atomic mass is 35.5. The number of nitrogens with zero attached hydrogens (tertiary/aromatic N) is 2. The van der Waals surface area contributed by atoms with Gasteiger partial charge in [-0.05, 0) is 61.2 Å². The van der Waals surface area contributed by atoms with Crippen molar-refractivity contribution in [2.45, 2.75) is 58.2 Å². The van der Waals surface area contributed by atoms with Gasteiger partial charge in [0.25, 0.3) is 0 Å². The van der Waals surface area contributed by atoms with E-state index >= 15 is 0 Å². The van der Waals surface area contributed by atoms with Crippen LogP contribution in [0.5, 0.6) is 11.5 Å². The molecule has 2 atom stereocenters. The molecule has 0 spiro atoms. The Kier molecular flexibility index (Phi) is 12.9. The van der Waals surface area contributed by atoms with Crippen LogP contribution in [0.4, 0.5) is 5.69 Å². The van der Waals surface area contributed by atoms with Crippen molar-refractivity contribution in [2.24, 2.45) is 0 Å². The molecule has 11 heteroatoms. The molecule has 0 aliphatic heterocycles. The molecule has 0 saturated heterocycles. The summed E-state index contributed by atoms with van der Waals surface area (Å²) in [6.07, 6.45) is 2.40. The van der Waals surface area contributed by atoms with Crippen molar-refractivity contribution in [3.63, 3.8) is 0 Å². The lowest BCUT2D eigenvalue weighted by Crippen LogP contribution is -2.52. The molecule has 0 saturated carbocycles. The van der Waals surface area contributed by atoms with Crippen LogP contribution >= 0.6 is 11.6 Å². The average Bonchev–Trinajstić information content (AvgIpc) is 3.00. The molecule has 1 N–H and O–H groups in total. The second kappa shape index (κ2) is 16.4. The van der Waals surface area contributed by atoms with E-state index in [1.807, 2.05) is 68.4 Å². The number of benzene rings is 3. The third-order valence-corrected chi connectivity index (χ3v) is 8.82. The van der Waals surface area contributed by atoms with Gasteiger partial charge in [-0.25, -0.2) is 8.42 Å². The number of sulfonamides is 1. The summed E-state index contributed by atoms with van der Waals surface area (Å²) in [4.78, 5) is 29.3. The summed E-state index contributed by atoms with van der Waals surface area (Å²) in [5.74, 6) is 0.548. The second-order valence-electron chi connectivity index (χ2n) is 10.7. The largest absolute Gasteiger partial charge is 0.497 e. The van der Waals surface area contributed by atoms with Crippen molar-refractivity contribution < 1.29 is 27.5 Å². The van der Waals surface area contributed by atoms with Gasteiger partial charge in [0.1, 0.15) is 17.5 Å². The first kappa shape index (κ1) is 34.7. The van der Waals surface area contributed by atoms with Crippen LogP contribution in [0, 0.1) is 0 Å². The van der Waals surface area contributed by atoms with E-state index in [9.17, 15) is 18.0 Å². The number of amides is 2. The van der Waals surface area contributed by atoms with E-state index in [1.165, 1.54) is 17.5 Å². The number of ether oxygens (including phenoxy) is 2. The molecule has 9 nitrogen and oxygen atoms in total. The van der Waals surface area contributed by atoms with Gasteiger partial charge in [-0.1, -0.05) is 61.0 Å². The number of carbonyl (C=O) groups excluding carboxylic acids is 2. The number of rotatable bonds is 16. The zero-order valence-corrected chi connectivity index (χ0v) is 27.5. The lowest BCUT2D eigenvalue weighted by atomic mass is 10.0. The third kappa shape index (κ3) is 9.89. The van der Waals surface area contributed by atoms with Gasteiger partial charge in [-0.15, -0.1) is 0 Å². The maximum absolute atomic E-state index is 14.0. The highest BCUT2D eigenvalue weighted by Gasteiger charge is 2.31. The quantitative estimate of drug-likeness (QED) is 0.222. The fraction of sp³-hybridized carbons (Fsp3) is 0.394. The number of anilines is 1. The molecule has 0 unspecified atom stereocenters. The van der Waals surface area contributed by atoms with Crippen LogP contribution in [0.25, 0.3) is 0 Å². The predicted octanol–water partition coefficient (Wildman–Crippen LogP) is 5.46. The number of nitrogens with one attached hydrogen (secondary N) is 1. The lowest BCUT2D eigenvalue weighted by Gasteiger charge is -2.33. The molecule has 0 heterocycles. The molecule has 0 fully saturated rings. The predicted molar refractivity (Wildman–Crippen MR) is 175 cm³/mol. The number of carbonyl (C=O) groups is 2. The summed E-state index contributed by atoms with van der Waals surface area (Å²) < 4.78 is 37.3. The van der Waals surface area contributed by atoms with Crippen LogP contribution in [0.2, 0.25) is 5.02 Å². The lowest BCUT2D eigenvalue weighted by molar-refractivity contribution is -0.141. The van der Waals surface area contributed by atoms with Gasteiger partial charge in [-0.2, -0.15) is 0 Å². The van der Waals surface area contributed by atoms with Crippen molar-refractivity contribution in [1.29, 1.82) is 0 Å². The minimum Gasteiger partial charge on any atom is -0.497 e. The summed E-state index contributed by atoms with van der Waals surface area (Å²) in [6.45, 7) is 4.13. The van der Waals surface area contributed by atoms with Crippen molar-refractivity contribution in [2.75, 3.05) is 31.3 Å². The molecule has 3 rings (SSSR count). The first-order valence-corrected chi connectivity index (χ1v) is 16.8. The van der Waals surface area contributed by atoms with Crippen LogP contribution in [-0.4, -0.2) is 64.2 Å². The van der Waals surface area contributed by atoms with Crippen LogP contribution < -0.4 is 19.1 Å². The summed E-state index contributed by atoms with van der Waals surface area (Å²) in [6, 6.07) is 20.8. The Morgan fingerprint density at radius 2 is 1.66 bits per heavy atom. The third-order valence-electron chi connectivity index (χ3n) is 7.33. The number of halogens is 1. The van der Waals surface area contributed by atoms with Crippen LogP contribution in [0.1, 0.15) is 44.2 Å². The zero-order valence-electron chi connectivity index (χ0n) is 26.0. The summed E-state index contributed by atoms with van der Waals surface area (Å²) in [5, 5.41) is 3.33. The Labute approximate surface area is 266 Å². The first-order chi connectivity index (χ1) is 21.0. The van der Waals surface area contributed by atoms with Gasteiger partial charge < -0.3 is 19.7 Å². The van der Waals surface area contributed by atoms with Crippen LogP contribution in [0.3, 0.4) is 0 Å². The smallest absolute Gasteiger partial charge is 0.243 e. The topological polar surface area (TPSA) is 105 Å². The molecule has 0 radical (unpaired) electrons. The minimum absolute atomic E-state index is 0.0157. The minimum atomic E-state index is -3.68. The fourth-order valence-corrected chi connectivity index (χ4v) is 5.99. The fourth-order valence-electron chi connectivity index (χ4n) is 4.78. The Balaban J connectivity index is 1.91. The molecule has 44 heavy (non-hydrogen) atoms. The number of hydrogen-bond donors (Lipinski definition) is 1. The SMILES string of the molecule is CC[C@H](C)NC(=O)[C@H](Cc1ccccc1)N(Cc1cccc(OC)c1)C(=O)CCCN(c1ccc(OC)c(Cl)c1)S(C)(=O)=O. The van der Waals surface area contributed by atoms with E-state index in [1.54, 1.807) is 24.1 Å². The van der Waals surface area contributed by atoms with E-state index < -0.39 is 16.1 Å². The van der Waals surface area contributed by atoms with Crippen LogP contribution in [-0.2, 0) is 32.6 Å². The van der Waals surface area contributed by atoms with Gasteiger partial charge in [0.2, 0.25) is 21.8 Å². The van der Waals surface area contributed by atoms with Crippen LogP contribution in [0.15, 0.2) is 72.8 Å². The van der Waals surface area contributed by atoms with Gasteiger partial charge in [0, 0.05) is 32.0 Å². The standard InChI is InChI=1S/C33H42ClN3O6S/c1-6-24(2)35-33(39)30(21-25-12-8-7-9-13-25)36(23-26-14-10-15-28(20-26)42-3)32(38)16-11-19-37(44(5,40)41)27-17-18-31(43-4)29(34)22-27/h7-10,12-15,17-18,20,22,24,30H,6,11,16,19,21,23H2,1-5H3,(H,35,39)/t24-,30-/m0/s1. The molecule has 238 valence electrons. The Bertz CT molecular complexity index is 1500. The maximum atomic E-state index is 14.0. The molecule has 0 aliphatic rings. The molecule has 3 aromatic carbocycles. The van der Waals surface area contributed by atoms with E-state index in [4.69, 9.17) is 21.1 Å². The monoisotopic (exact) mass is 643 g/mol. The zero-order chi connectivity index (χ0) is 32.3.